The van der Waals surface area contributed by atoms with E-state index in [0.717, 1.165) is 48.0 Å². The zero-order valence-electron chi connectivity index (χ0n) is 20.8. The first-order valence-corrected chi connectivity index (χ1v) is 13.2. The fourth-order valence-corrected chi connectivity index (χ4v) is 6.26. The Morgan fingerprint density at radius 1 is 1.19 bits per heavy atom. The van der Waals surface area contributed by atoms with E-state index in [4.69, 9.17) is 5.11 Å². The molecular formula is C27H30F3N3O3S. The molecule has 0 radical (unpaired) electrons. The molecule has 1 fully saturated rings. The van der Waals surface area contributed by atoms with Gasteiger partial charge < -0.3 is 15.3 Å². The van der Waals surface area contributed by atoms with Crippen molar-refractivity contribution in [2.45, 2.75) is 57.7 Å². The van der Waals surface area contributed by atoms with Crippen molar-refractivity contribution in [3.05, 3.63) is 58.1 Å². The molecule has 10 heteroatoms. The molecule has 0 aliphatic heterocycles. The van der Waals surface area contributed by atoms with Gasteiger partial charge in [-0.1, -0.05) is 19.3 Å². The number of benzene rings is 1. The number of halogens is 3. The molecular weight excluding hydrogens is 503 g/mol. The zero-order valence-corrected chi connectivity index (χ0v) is 21.6. The summed E-state index contributed by atoms with van der Waals surface area (Å²) >= 11 is 1.36. The largest absolute Gasteiger partial charge is 0.481 e. The van der Waals surface area contributed by atoms with E-state index < -0.39 is 17.7 Å². The number of alkyl halides is 3. The first kappa shape index (κ1) is 26.9. The van der Waals surface area contributed by atoms with Crippen molar-refractivity contribution in [3.63, 3.8) is 0 Å². The summed E-state index contributed by atoms with van der Waals surface area (Å²) in [6.45, 7) is 2.04. The maximum atomic E-state index is 13.3. The number of rotatable bonds is 8. The van der Waals surface area contributed by atoms with Gasteiger partial charge in [0.2, 0.25) is 0 Å². The van der Waals surface area contributed by atoms with Gasteiger partial charge in [0.25, 0.3) is 5.91 Å². The predicted octanol–water partition coefficient (Wildman–Crippen LogP) is 6.90. The summed E-state index contributed by atoms with van der Waals surface area (Å²) in [6, 6.07) is 8.13. The second-order valence-corrected chi connectivity index (χ2v) is 10.7. The van der Waals surface area contributed by atoms with Crippen molar-refractivity contribution in [2.75, 3.05) is 18.9 Å². The standard InChI is InChI=1S/C27H30F3N3O3S/c1-16-23-21(14-19(15-31-23)27(28,29)30)37-25(16)24(17-6-4-3-5-7-17)32-20-10-8-18(9-11-20)26(36)33(2)13-12-22(34)35/h8-11,14-15,17,24,32H,3-7,12-13H2,1-2H3,(H,34,35). The maximum Gasteiger partial charge on any atom is 0.417 e. The number of carboxylic acids is 1. The van der Waals surface area contributed by atoms with E-state index in [1.807, 2.05) is 19.1 Å². The second kappa shape index (κ2) is 11.1. The van der Waals surface area contributed by atoms with Crippen molar-refractivity contribution in [1.29, 1.82) is 0 Å². The SMILES string of the molecule is Cc1c(C(Nc2ccc(C(=O)N(C)CCC(=O)O)cc2)C2CCCCC2)sc2cc(C(F)(F)F)cnc12. The van der Waals surface area contributed by atoms with Crippen molar-refractivity contribution >= 4 is 39.1 Å². The lowest BCUT2D eigenvalue weighted by molar-refractivity contribution is -0.138. The van der Waals surface area contributed by atoms with Crippen LogP contribution in [0.5, 0.6) is 0 Å². The van der Waals surface area contributed by atoms with Crippen LogP contribution in [0.1, 0.15) is 70.9 Å². The van der Waals surface area contributed by atoms with E-state index in [-0.39, 0.29) is 24.9 Å². The molecule has 1 atom stereocenters. The number of hydrogen-bond acceptors (Lipinski definition) is 5. The first-order valence-electron chi connectivity index (χ1n) is 12.3. The molecule has 2 aromatic heterocycles. The number of nitrogens with zero attached hydrogens (tertiary/aromatic N) is 2. The topological polar surface area (TPSA) is 82.5 Å². The molecule has 2 N–H and O–H groups in total. The highest BCUT2D eigenvalue weighted by atomic mass is 32.1. The number of anilines is 1. The number of aromatic nitrogens is 1. The van der Waals surface area contributed by atoms with Crippen molar-refractivity contribution in [2.24, 2.45) is 5.92 Å². The number of nitrogens with one attached hydrogen (secondary N) is 1. The summed E-state index contributed by atoms with van der Waals surface area (Å²) in [5, 5.41) is 12.5. The summed E-state index contributed by atoms with van der Waals surface area (Å²) in [5.41, 5.74) is 2.00. The summed E-state index contributed by atoms with van der Waals surface area (Å²) in [6.07, 6.45) is 1.78. The minimum Gasteiger partial charge on any atom is -0.481 e. The Labute approximate surface area is 217 Å². The number of carbonyl (C=O) groups excluding carboxylic acids is 1. The highest BCUT2D eigenvalue weighted by Crippen LogP contribution is 2.44. The normalized spacial score (nSPS) is 15.5. The van der Waals surface area contributed by atoms with Gasteiger partial charge in [-0.05, 0) is 61.6 Å². The summed E-state index contributed by atoms with van der Waals surface area (Å²) in [5.74, 6) is -0.899. The molecule has 4 rings (SSSR count). The van der Waals surface area contributed by atoms with Gasteiger partial charge >= 0.3 is 12.1 Å². The van der Waals surface area contributed by atoms with Crippen LogP contribution in [0.15, 0.2) is 36.5 Å². The van der Waals surface area contributed by atoms with Crippen LogP contribution in [0.4, 0.5) is 18.9 Å². The summed E-state index contributed by atoms with van der Waals surface area (Å²) in [7, 11) is 1.57. The number of carbonyl (C=O) groups is 2. The van der Waals surface area contributed by atoms with Crippen molar-refractivity contribution in [1.82, 2.24) is 9.88 Å². The maximum absolute atomic E-state index is 13.3. The van der Waals surface area contributed by atoms with E-state index in [9.17, 15) is 22.8 Å². The molecule has 1 aliphatic rings. The van der Waals surface area contributed by atoms with Crippen molar-refractivity contribution < 1.29 is 27.9 Å². The van der Waals surface area contributed by atoms with E-state index in [1.165, 1.54) is 28.7 Å². The van der Waals surface area contributed by atoms with Crippen LogP contribution >= 0.6 is 11.3 Å². The molecule has 1 saturated carbocycles. The Balaban J connectivity index is 1.61. The van der Waals surface area contributed by atoms with E-state index in [2.05, 4.69) is 10.3 Å². The van der Waals surface area contributed by atoms with Crippen LogP contribution < -0.4 is 5.32 Å². The summed E-state index contributed by atoms with van der Waals surface area (Å²) < 4.78 is 40.4. The number of carboxylic acid groups (broad SMARTS) is 1. The monoisotopic (exact) mass is 533 g/mol. The molecule has 3 aromatic rings. The molecule has 0 saturated heterocycles. The molecule has 1 aliphatic carbocycles. The number of thiophene rings is 1. The van der Waals surface area contributed by atoms with Gasteiger partial charge in [0.05, 0.1) is 28.2 Å². The smallest absolute Gasteiger partial charge is 0.417 e. The van der Waals surface area contributed by atoms with Gasteiger partial charge in [0.1, 0.15) is 0 Å². The Morgan fingerprint density at radius 3 is 2.49 bits per heavy atom. The molecule has 0 bridgehead atoms. The lowest BCUT2D eigenvalue weighted by atomic mass is 9.82. The Morgan fingerprint density at radius 2 is 1.86 bits per heavy atom. The lowest BCUT2D eigenvalue weighted by Gasteiger charge is -2.31. The van der Waals surface area contributed by atoms with Gasteiger partial charge in [0, 0.05) is 35.9 Å². The van der Waals surface area contributed by atoms with Gasteiger partial charge in [-0.2, -0.15) is 13.2 Å². The van der Waals surface area contributed by atoms with Crippen LogP contribution in [-0.4, -0.2) is 40.5 Å². The fourth-order valence-electron chi connectivity index (χ4n) is 4.91. The third-order valence-corrected chi connectivity index (χ3v) is 8.30. The van der Waals surface area contributed by atoms with Crippen LogP contribution in [0.3, 0.4) is 0 Å². The molecule has 1 unspecified atom stereocenters. The second-order valence-electron chi connectivity index (χ2n) is 9.63. The number of amides is 1. The number of pyridine rings is 1. The average molecular weight is 534 g/mol. The van der Waals surface area contributed by atoms with Crippen LogP contribution in [0, 0.1) is 12.8 Å². The number of aryl methyl sites for hydroxylation is 1. The molecule has 0 spiro atoms. The van der Waals surface area contributed by atoms with Gasteiger partial charge in [0.15, 0.2) is 0 Å². The zero-order chi connectivity index (χ0) is 26.7. The Bertz CT molecular complexity index is 1270. The highest BCUT2D eigenvalue weighted by Gasteiger charge is 2.33. The van der Waals surface area contributed by atoms with Crippen molar-refractivity contribution in [3.8, 4) is 0 Å². The molecule has 198 valence electrons. The van der Waals surface area contributed by atoms with E-state index in [1.54, 1.807) is 19.2 Å². The molecule has 37 heavy (non-hydrogen) atoms. The highest BCUT2D eigenvalue weighted by molar-refractivity contribution is 7.19. The fraction of sp³-hybridized carbons (Fsp3) is 0.444. The predicted molar refractivity (Wildman–Crippen MR) is 138 cm³/mol. The third kappa shape index (κ3) is 6.23. The van der Waals surface area contributed by atoms with Crippen LogP contribution in [0.2, 0.25) is 0 Å². The number of aliphatic carboxylic acids is 1. The number of hydrogen-bond donors (Lipinski definition) is 2. The minimum absolute atomic E-state index is 0.0892. The average Bonchev–Trinajstić information content (AvgIpc) is 3.21. The van der Waals surface area contributed by atoms with Gasteiger partial charge in [-0.25, -0.2) is 0 Å². The molecule has 2 heterocycles. The van der Waals surface area contributed by atoms with E-state index >= 15 is 0 Å². The quantitative estimate of drug-likeness (QED) is 0.329. The van der Waals surface area contributed by atoms with Gasteiger partial charge in [-0.3, -0.25) is 14.6 Å². The number of fused-ring (bicyclic) bond motifs is 1. The first-order chi connectivity index (χ1) is 17.5. The molecule has 1 aromatic carbocycles. The van der Waals surface area contributed by atoms with Crippen LogP contribution in [0.25, 0.3) is 10.2 Å². The van der Waals surface area contributed by atoms with Gasteiger partial charge in [-0.15, -0.1) is 11.3 Å². The minimum atomic E-state index is -4.44. The van der Waals surface area contributed by atoms with Crippen LogP contribution in [-0.2, 0) is 11.0 Å². The third-order valence-electron chi connectivity index (χ3n) is 6.99. The molecule has 6 nitrogen and oxygen atoms in total. The van der Waals surface area contributed by atoms with E-state index in [0.29, 0.717) is 21.7 Å². The molecule has 1 amide bonds. The lowest BCUT2D eigenvalue weighted by Crippen LogP contribution is -2.29. The Hall–Kier alpha value is -3.14. The Kier molecular flexibility index (Phi) is 8.06. The summed E-state index contributed by atoms with van der Waals surface area (Å²) in [4.78, 5) is 30.0.